The van der Waals surface area contributed by atoms with Gasteiger partial charge in [-0.25, -0.2) is 4.98 Å². The highest BCUT2D eigenvalue weighted by Gasteiger charge is 2.46. The molecule has 0 unspecified atom stereocenters. The van der Waals surface area contributed by atoms with Gasteiger partial charge in [-0.05, 0) is 64.0 Å². The molecule has 2 saturated heterocycles. The number of ether oxygens (including phenoxy) is 1. The van der Waals surface area contributed by atoms with Crippen LogP contribution in [0.5, 0.6) is 5.75 Å². The van der Waals surface area contributed by atoms with Crippen LogP contribution >= 0.6 is 11.6 Å². The first-order chi connectivity index (χ1) is 14.6. The molecule has 2 atom stereocenters. The number of likely N-dealkylation sites (N-methyl/N-ethyl adjacent to an activating group) is 1. The molecular formula is C23H33ClN4O2. The normalized spacial score (nSPS) is 25.2. The molecule has 4 rings (SSSR count). The molecular weight excluding hydrogens is 400 g/mol. The third kappa shape index (κ3) is 4.83. The average molecular weight is 433 g/mol. The van der Waals surface area contributed by atoms with E-state index in [1.165, 1.54) is 6.42 Å². The fraction of sp³-hybridized carbons (Fsp3) is 0.609. The first-order valence-corrected chi connectivity index (χ1v) is 11.4. The van der Waals surface area contributed by atoms with E-state index >= 15 is 0 Å². The molecule has 0 bridgehead atoms. The molecule has 2 fully saturated rings. The third-order valence-corrected chi connectivity index (χ3v) is 7.13. The molecule has 2 aromatic rings. The Kier molecular flexibility index (Phi) is 6.98. The molecule has 6 nitrogen and oxygen atoms in total. The van der Waals surface area contributed by atoms with E-state index in [1.54, 1.807) is 6.20 Å². The van der Waals surface area contributed by atoms with Crippen LogP contribution in [0.1, 0.15) is 31.2 Å². The second-order valence-electron chi connectivity index (χ2n) is 8.86. The van der Waals surface area contributed by atoms with Gasteiger partial charge >= 0.3 is 0 Å². The molecule has 2 aliphatic rings. The van der Waals surface area contributed by atoms with Crippen molar-refractivity contribution in [2.45, 2.75) is 44.8 Å². The Morgan fingerprint density at radius 2 is 2.20 bits per heavy atom. The number of benzene rings is 1. The lowest BCUT2D eigenvalue weighted by Crippen LogP contribution is -2.61. The summed E-state index contributed by atoms with van der Waals surface area (Å²) in [5.41, 5.74) is 1.20. The van der Waals surface area contributed by atoms with Crippen molar-refractivity contribution < 1.29 is 9.84 Å². The minimum Gasteiger partial charge on any atom is -0.493 e. The van der Waals surface area contributed by atoms with Crippen molar-refractivity contribution in [2.75, 3.05) is 39.9 Å². The van der Waals surface area contributed by atoms with Gasteiger partial charge in [0.25, 0.3) is 0 Å². The predicted molar refractivity (Wildman–Crippen MR) is 119 cm³/mol. The molecule has 0 amide bonds. The lowest BCUT2D eigenvalue weighted by atomic mass is 9.69. The molecule has 2 aliphatic heterocycles. The molecule has 1 aromatic heterocycles. The van der Waals surface area contributed by atoms with Crippen molar-refractivity contribution in [1.82, 2.24) is 19.4 Å². The van der Waals surface area contributed by atoms with Crippen LogP contribution in [0, 0.1) is 5.41 Å². The number of hydrogen-bond acceptors (Lipinski definition) is 5. The van der Waals surface area contributed by atoms with Gasteiger partial charge < -0.3 is 19.3 Å². The van der Waals surface area contributed by atoms with Crippen LogP contribution in [0.2, 0.25) is 5.02 Å². The Bertz CT molecular complexity index is 816. The molecule has 30 heavy (non-hydrogen) atoms. The maximum Gasteiger partial charge on any atom is 0.123 e. The monoisotopic (exact) mass is 432 g/mol. The van der Waals surface area contributed by atoms with Gasteiger partial charge in [0.1, 0.15) is 5.75 Å². The number of likely N-dealkylation sites (tertiary alicyclic amines) is 2. The number of aromatic nitrogens is 2. The smallest absolute Gasteiger partial charge is 0.123 e. The van der Waals surface area contributed by atoms with Crippen LogP contribution in [0.15, 0.2) is 36.9 Å². The zero-order valence-corrected chi connectivity index (χ0v) is 18.6. The van der Waals surface area contributed by atoms with Crippen molar-refractivity contribution in [3.05, 3.63) is 47.5 Å². The molecule has 0 saturated carbocycles. The van der Waals surface area contributed by atoms with Crippen molar-refractivity contribution in [3.63, 3.8) is 0 Å². The number of aliphatic hydroxyl groups excluding tert-OH is 1. The number of rotatable bonds is 8. The van der Waals surface area contributed by atoms with E-state index < -0.39 is 0 Å². The Hall–Kier alpha value is -1.60. The molecule has 1 aromatic carbocycles. The summed E-state index contributed by atoms with van der Waals surface area (Å²) in [7, 11) is 2.20. The minimum atomic E-state index is 0.0600. The van der Waals surface area contributed by atoms with Crippen molar-refractivity contribution >= 4 is 11.6 Å². The molecule has 0 aliphatic carbocycles. The van der Waals surface area contributed by atoms with Gasteiger partial charge in [0.05, 0.1) is 19.5 Å². The molecule has 3 heterocycles. The van der Waals surface area contributed by atoms with Crippen molar-refractivity contribution in [2.24, 2.45) is 5.41 Å². The summed E-state index contributed by atoms with van der Waals surface area (Å²) in [4.78, 5) is 9.01. The molecule has 0 spiro atoms. The van der Waals surface area contributed by atoms with Gasteiger partial charge in [0.15, 0.2) is 0 Å². The largest absolute Gasteiger partial charge is 0.493 e. The minimum absolute atomic E-state index is 0.0600. The van der Waals surface area contributed by atoms with Crippen LogP contribution < -0.4 is 4.74 Å². The zero-order valence-electron chi connectivity index (χ0n) is 17.8. The highest BCUT2D eigenvalue weighted by atomic mass is 35.5. The molecule has 7 heteroatoms. The molecule has 164 valence electrons. The number of aliphatic hydroxyl groups is 1. The van der Waals surface area contributed by atoms with Crippen LogP contribution in [-0.2, 0) is 13.1 Å². The van der Waals surface area contributed by atoms with Gasteiger partial charge in [-0.3, -0.25) is 4.90 Å². The first-order valence-electron chi connectivity index (χ1n) is 11.0. The van der Waals surface area contributed by atoms with Gasteiger partial charge in [-0.15, -0.1) is 0 Å². The number of nitrogens with zero attached hydrogens (tertiary/aromatic N) is 4. The summed E-state index contributed by atoms with van der Waals surface area (Å²) >= 11 is 6.32. The van der Waals surface area contributed by atoms with Gasteiger partial charge in [-0.2, -0.15) is 0 Å². The number of fused-ring (bicyclic) bond motifs is 1. The number of hydrogen-bond donors (Lipinski definition) is 1. The maximum atomic E-state index is 10.2. The summed E-state index contributed by atoms with van der Waals surface area (Å²) < 4.78 is 8.19. The number of aryl methyl sites for hydroxylation is 1. The number of halogens is 1. The molecule has 0 radical (unpaired) electrons. The Balaban J connectivity index is 1.38. The van der Waals surface area contributed by atoms with Crippen LogP contribution in [-0.4, -0.2) is 70.4 Å². The topological polar surface area (TPSA) is 53.8 Å². The summed E-state index contributed by atoms with van der Waals surface area (Å²) in [5.74, 6) is 0.918. The Morgan fingerprint density at radius 3 is 3.00 bits per heavy atom. The van der Waals surface area contributed by atoms with E-state index in [-0.39, 0.29) is 12.0 Å². The van der Waals surface area contributed by atoms with Gasteiger partial charge in [-0.1, -0.05) is 11.6 Å². The summed E-state index contributed by atoms with van der Waals surface area (Å²) in [6.07, 6.45) is 9.88. The maximum absolute atomic E-state index is 10.2. The van der Waals surface area contributed by atoms with E-state index in [1.807, 2.05) is 30.7 Å². The quantitative estimate of drug-likeness (QED) is 0.649. The van der Waals surface area contributed by atoms with Gasteiger partial charge in [0.2, 0.25) is 0 Å². The highest BCUT2D eigenvalue weighted by Crippen LogP contribution is 2.42. The second kappa shape index (κ2) is 9.69. The summed E-state index contributed by atoms with van der Waals surface area (Å²) in [6.45, 7) is 5.75. The standard InChI is InChI=1S/C23H33ClN4O2/c1-26-9-2-6-23(17-29)7-11-28(16-22(23)26)15-19-14-20(24)4-5-21(19)30-13-3-10-27-12-8-25-18-27/h4-5,8,12,14,18,22,29H,2-3,6-7,9-11,13,15-17H2,1H3/t22-,23-/m1/s1. The van der Waals surface area contributed by atoms with Crippen LogP contribution in [0.4, 0.5) is 0 Å². The van der Waals surface area contributed by atoms with E-state index in [9.17, 15) is 5.11 Å². The SMILES string of the molecule is CN1CCC[C@]2(CO)CCN(Cc3cc(Cl)ccc3OCCCn3ccnc3)C[C@@H]12. The van der Waals surface area contributed by atoms with Crippen LogP contribution in [0.25, 0.3) is 0 Å². The van der Waals surface area contributed by atoms with E-state index in [4.69, 9.17) is 16.3 Å². The van der Waals surface area contributed by atoms with Gasteiger partial charge in [0, 0.05) is 54.1 Å². The summed E-state index contributed by atoms with van der Waals surface area (Å²) in [6, 6.07) is 6.33. The predicted octanol–water partition coefficient (Wildman–Crippen LogP) is 3.28. The Labute approximate surface area is 184 Å². The van der Waals surface area contributed by atoms with Crippen molar-refractivity contribution in [3.8, 4) is 5.75 Å². The lowest BCUT2D eigenvalue weighted by Gasteiger charge is -2.53. The average Bonchev–Trinajstić information content (AvgIpc) is 3.27. The Morgan fingerprint density at radius 1 is 1.30 bits per heavy atom. The zero-order chi connectivity index (χ0) is 21.0. The van der Waals surface area contributed by atoms with E-state index in [2.05, 4.69) is 26.4 Å². The highest BCUT2D eigenvalue weighted by molar-refractivity contribution is 6.30. The first kappa shape index (κ1) is 21.6. The number of imidazole rings is 1. The lowest BCUT2D eigenvalue weighted by molar-refractivity contribution is -0.0685. The molecule has 1 N–H and O–H groups in total. The fourth-order valence-electron chi connectivity index (χ4n) is 5.12. The second-order valence-corrected chi connectivity index (χ2v) is 9.30. The van der Waals surface area contributed by atoms with Crippen LogP contribution in [0.3, 0.4) is 0 Å². The van der Waals surface area contributed by atoms with E-state index in [0.29, 0.717) is 12.6 Å². The number of piperidine rings is 2. The van der Waals surface area contributed by atoms with Crippen molar-refractivity contribution in [1.29, 1.82) is 0 Å². The summed E-state index contributed by atoms with van der Waals surface area (Å²) in [5, 5.41) is 10.9. The van der Waals surface area contributed by atoms with E-state index in [0.717, 1.165) is 68.3 Å². The third-order valence-electron chi connectivity index (χ3n) is 6.89. The fourth-order valence-corrected chi connectivity index (χ4v) is 5.32.